The first-order chi connectivity index (χ1) is 8.45. The number of aryl methyl sites for hydroxylation is 1. The third-order valence-corrected chi connectivity index (χ3v) is 4.83. The van der Waals surface area contributed by atoms with E-state index >= 15 is 0 Å². The maximum absolute atomic E-state index is 12.3. The minimum absolute atomic E-state index is 0.0888. The molecule has 1 atom stereocenters. The van der Waals surface area contributed by atoms with Crippen molar-refractivity contribution in [1.29, 1.82) is 0 Å². The van der Waals surface area contributed by atoms with Gasteiger partial charge in [-0.05, 0) is 19.1 Å². The zero-order valence-corrected chi connectivity index (χ0v) is 11.1. The summed E-state index contributed by atoms with van der Waals surface area (Å²) in [6.45, 7) is 1.86. The molecule has 5 nitrogen and oxygen atoms in total. The van der Waals surface area contributed by atoms with Gasteiger partial charge in [0.1, 0.15) is 6.10 Å². The summed E-state index contributed by atoms with van der Waals surface area (Å²) in [7, 11) is -2.19. The lowest BCUT2D eigenvalue weighted by molar-refractivity contribution is -0.124. The Morgan fingerprint density at radius 1 is 1.28 bits per heavy atom. The van der Waals surface area contributed by atoms with Crippen LogP contribution in [0.15, 0.2) is 29.2 Å². The molecule has 0 aromatic heterocycles. The molecule has 0 bridgehead atoms. The predicted octanol–water partition coefficient (Wildman–Crippen LogP) is 0.583. The zero-order valence-electron chi connectivity index (χ0n) is 10.3. The highest BCUT2D eigenvalue weighted by Crippen LogP contribution is 2.20. The molecule has 0 spiro atoms. The van der Waals surface area contributed by atoms with E-state index in [1.807, 2.05) is 6.92 Å². The van der Waals surface area contributed by atoms with Crippen LogP contribution in [0, 0.1) is 6.92 Å². The van der Waals surface area contributed by atoms with Crippen molar-refractivity contribution in [3.63, 3.8) is 0 Å². The molecule has 1 fully saturated rings. The quantitative estimate of drug-likeness (QED) is 0.805. The SMILES string of the molecule is COC1CN(S(=O)(=O)c2ccc(C)cc2)CC1=O. The summed E-state index contributed by atoms with van der Waals surface area (Å²) in [6, 6.07) is 6.57. The van der Waals surface area contributed by atoms with Crippen LogP contribution < -0.4 is 0 Å². The Kier molecular flexibility index (Phi) is 3.52. The highest BCUT2D eigenvalue weighted by atomic mass is 32.2. The zero-order chi connectivity index (χ0) is 13.3. The van der Waals surface area contributed by atoms with Gasteiger partial charge in [0.15, 0.2) is 5.78 Å². The Bertz CT molecular complexity index is 550. The van der Waals surface area contributed by atoms with Gasteiger partial charge in [0.25, 0.3) is 0 Å². The number of carbonyl (C=O) groups is 1. The Balaban J connectivity index is 2.28. The van der Waals surface area contributed by atoms with Crippen LogP contribution in [0.1, 0.15) is 5.56 Å². The van der Waals surface area contributed by atoms with Gasteiger partial charge < -0.3 is 4.74 Å². The number of hydrogen-bond donors (Lipinski definition) is 0. The third-order valence-electron chi connectivity index (χ3n) is 3.00. The van der Waals surface area contributed by atoms with Gasteiger partial charge in [0, 0.05) is 13.7 Å². The normalized spacial score (nSPS) is 21.4. The topological polar surface area (TPSA) is 63.7 Å². The third kappa shape index (κ3) is 2.31. The molecule has 1 aromatic carbocycles. The summed E-state index contributed by atoms with van der Waals surface area (Å²) >= 11 is 0. The van der Waals surface area contributed by atoms with E-state index in [2.05, 4.69) is 0 Å². The van der Waals surface area contributed by atoms with Crippen LogP contribution in [-0.4, -0.2) is 44.8 Å². The number of ketones is 1. The van der Waals surface area contributed by atoms with Gasteiger partial charge in [-0.15, -0.1) is 0 Å². The van der Waals surface area contributed by atoms with Crippen LogP contribution in [-0.2, 0) is 19.6 Å². The second kappa shape index (κ2) is 4.79. The van der Waals surface area contributed by atoms with Crippen molar-refractivity contribution >= 4 is 15.8 Å². The van der Waals surface area contributed by atoms with E-state index in [4.69, 9.17) is 4.74 Å². The van der Waals surface area contributed by atoms with Crippen LogP contribution >= 0.6 is 0 Å². The van der Waals surface area contributed by atoms with E-state index in [-0.39, 0.29) is 23.8 Å². The first-order valence-electron chi connectivity index (χ1n) is 5.57. The van der Waals surface area contributed by atoms with Gasteiger partial charge in [-0.2, -0.15) is 4.31 Å². The van der Waals surface area contributed by atoms with E-state index in [0.29, 0.717) is 0 Å². The van der Waals surface area contributed by atoms with E-state index in [1.165, 1.54) is 7.11 Å². The molecule has 1 heterocycles. The van der Waals surface area contributed by atoms with Crippen molar-refractivity contribution < 1.29 is 17.9 Å². The Morgan fingerprint density at radius 2 is 1.89 bits per heavy atom. The molecular formula is C12H15NO4S. The predicted molar refractivity (Wildman–Crippen MR) is 65.7 cm³/mol. The summed E-state index contributed by atoms with van der Waals surface area (Å²) in [6.07, 6.45) is -0.648. The van der Waals surface area contributed by atoms with Gasteiger partial charge in [-0.1, -0.05) is 17.7 Å². The molecule has 2 rings (SSSR count). The maximum Gasteiger partial charge on any atom is 0.243 e. The number of Topliss-reactive ketones (excluding diaryl/α,β-unsaturated/α-hetero) is 1. The Hall–Kier alpha value is -1.24. The smallest absolute Gasteiger partial charge is 0.243 e. The van der Waals surface area contributed by atoms with Crippen LogP contribution in [0.2, 0.25) is 0 Å². The van der Waals surface area contributed by atoms with Crippen LogP contribution in [0.25, 0.3) is 0 Å². The van der Waals surface area contributed by atoms with Crippen molar-refractivity contribution in [1.82, 2.24) is 4.31 Å². The largest absolute Gasteiger partial charge is 0.372 e. The first-order valence-corrected chi connectivity index (χ1v) is 7.01. The lowest BCUT2D eigenvalue weighted by atomic mass is 10.2. The summed E-state index contributed by atoms with van der Waals surface area (Å²) < 4.78 is 30.7. The summed E-state index contributed by atoms with van der Waals surface area (Å²) in [4.78, 5) is 11.7. The van der Waals surface area contributed by atoms with Crippen molar-refractivity contribution in [2.24, 2.45) is 0 Å². The lowest BCUT2D eigenvalue weighted by Gasteiger charge is -2.15. The molecule has 0 aliphatic carbocycles. The summed E-state index contributed by atoms with van der Waals surface area (Å²) in [5.41, 5.74) is 0.987. The number of rotatable bonds is 3. The molecule has 18 heavy (non-hydrogen) atoms. The number of benzene rings is 1. The highest BCUT2D eigenvalue weighted by Gasteiger charge is 2.38. The fourth-order valence-corrected chi connectivity index (χ4v) is 3.28. The summed E-state index contributed by atoms with van der Waals surface area (Å²) in [5, 5.41) is 0. The van der Waals surface area contributed by atoms with Crippen molar-refractivity contribution in [3.8, 4) is 0 Å². The number of ether oxygens (including phenoxy) is 1. The molecule has 0 N–H and O–H groups in total. The Labute approximate surface area is 106 Å². The minimum atomic E-state index is -3.60. The molecule has 0 radical (unpaired) electrons. The van der Waals surface area contributed by atoms with Crippen molar-refractivity contribution in [3.05, 3.63) is 29.8 Å². The Morgan fingerprint density at radius 3 is 2.39 bits per heavy atom. The number of hydrogen-bond acceptors (Lipinski definition) is 4. The van der Waals surface area contributed by atoms with Gasteiger partial charge in [-0.25, -0.2) is 8.42 Å². The molecule has 6 heteroatoms. The van der Waals surface area contributed by atoms with Gasteiger partial charge in [0.05, 0.1) is 11.4 Å². The lowest BCUT2D eigenvalue weighted by Crippen LogP contribution is -2.30. The van der Waals surface area contributed by atoms with Crippen molar-refractivity contribution in [2.45, 2.75) is 17.9 Å². The maximum atomic E-state index is 12.3. The first kappa shape index (κ1) is 13.2. The minimum Gasteiger partial charge on any atom is -0.372 e. The van der Waals surface area contributed by atoms with E-state index in [9.17, 15) is 13.2 Å². The highest BCUT2D eigenvalue weighted by molar-refractivity contribution is 7.89. The number of methoxy groups -OCH3 is 1. The van der Waals surface area contributed by atoms with Crippen molar-refractivity contribution in [2.75, 3.05) is 20.2 Å². The van der Waals surface area contributed by atoms with Crippen LogP contribution in [0.3, 0.4) is 0 Å². The number of nitrogens with zero attached hydrogens (tertiary/aromatic N) is 1. The standard InChI is InChI=1S/C12H15NO4S/c1-9-3-5-10(6-4-9)18(15,16)13-7-11(14)12(8-13)17-2/h3-6,12H,7-8H2,1-2H3. The average Bonchev–Trinajstić information content (AvgIpc) is 2.72. The number of sulfonamides is 1. The van der Waals surface area contributed by atoms with Gasteiger partial charge in [0.2, 0.25) is 10.0 Å². The molecule has 1 unspecified atom stereocenters. The van der Waals surface area contributed by atoms with Gasteiger partial charge >= 0.3 is 0 Å². The number of carbonyl (C=O) groups excluding carboxylic acids is 1. The molecular weight excluding hydrogens is 254 g/mol. The molecule has 1 aliphatic heterocycles. The second-order valence-electron chi connectivity index (χ2n) is 4.30. The van der Waals surface area contributed by atoms with Crippen LogP contribution in [0.4, 0.5) is 0 Å². The van der Waals surface area contributed by atoms with Crippen LogP contribution in [0.5, 0.6) is 0 Å². The monoisotopic (exact) mass is 269 g/mol. The fourth-order valence-electron chi connectivity index (χ4n) is 1.88. The molecule has 0 saturated carbocycles. The molecule has 1 aliphatic rings. The molecule has 1 aromatic rings. The second-order valence-corrected chi connectivity index (χ2v) is 6.24. The summed E-state index contributed by atoms with van der Waals surface area (Å²) in [5.74, 6) is -0.201. The molecule has 98 valence electrons. The fraction of sp³-hybridized carbons (Fsp3) is 0.417. The molecule has 1 saturated heterocycles. The van der Waals surface area contributed by atoms with Gasteiger partial charge in [-0.3, -0.25) is 4.79 Å². The average molecular weight is 269 g/mol. The van der Waals surface area contributed by atoms with E-state index in [1.54, 1.807) is 24.3 Å². The van der Waals surface area contributed by atoms with E-state index < -0.39 is 16.1 Å². The van der Waals surface area contributed by atoms with E-state index in [0.717, 1.165) is 9.87 Å². The molecule has 0 amide bonds.